The smallest absolute Gasteiger partial charge is 0.312 e. The van der Waals surface area contributed by atoms with Gasteiger partial charge in [-0.15, -0.1) is 0 Å². The molecule has 0 bridgehead atoms. The van der Waals surface area contributed by atoms with Crippen LogP contribution in [0.15, 0.2) is 24.3 Å². The van der Waals surface area contributed by atoms with Crippen molar-refractivity contribution in [3.05, 3.63) is 35.4 Å². The van der Waals surface area contributed by atoms with Crippen LogP contribution in [0.5, 0.6) is 0 Å². The maximum atomic E-state index is 12.2. The van der Waals surface area contributed by atoms with Gasteiger partial charge in [-0.3, -0.25) is 9.59 Å². The van der Waals surface area contributed by atoms with Gasteiger partial charge in [0, 0.05) is 13.1 Å². The Morgan fingerprint density at radius 2 is 2.00 bits per heavy atom. The summed E-state index contributed by atoms with van der Waals surface area (Å²) >= 11 is 0. The molecule has 0 aromatic heterocycles. The molecule has 19 heavy (non-hydrogen) atoms. The van der Waals surface area contributed by atoms with Crippen LogP contribution >= 0.6 is 0 Å². The highest BCUT2D eigenvalue weighted by Crippen LogP contribution is 2.29. The van der Waals surface area contributed by atoms with Crippen LogP contribution in [-0.2, 0) is 16.1 Å². The van der Waals surface area contributed by atoms with Gasteiger partial charge in [-0.25, -0.2) is 0 Å². The van der Waals surface area contributed by atoms with Crippen molar-refractivity contribution in [3.63, 3.8) is 0 Å². The Morgan fingerprint density at radius 1 is 1.37 bits per heavy atom. The van der Waals surface area contributed by atoms with Crippen molar-refractivity contribution in [3.8, 4) is 0 Å². The molecule has 102 valence electrons. The molecule has 0 saturated heterocycles. The van der Waals surface area contributed by atoms with Gasteiger partial charge in [0.25, 0.3) is 0 Å². The predicted molar refractivity (Wildman–Crippen MR) is 70.5 cm³/mol. The highest BCUT2D eigenvalue weighted by atomic mass is 16.4. The quantitative estimate of drug-likeness (QED) is 0.830. The molecule has 1 amide bonds. The minimum absolute atomic E-state index is 0.172. The Bertz CT molecular complexity index is 520. The third-order valence-corrected chi connectivity index (χ3v) is 3.33. The normalized spacial score (nSPS) is 18.9. The second-order valence-electron chi connectivity index (χ2n) is 5.50. The van der Waals surface area contributed by atoms with Gasteiger partial charge in [0.05, 0.1) is 11.5 Å². The average molecular weight is 262 g/mol. The molecule has 0 saturated carbocycles. The van der Waals surface area contributed by atoms with Crippen LogP contribution in [0.4, 0.5) is 0 Å². The molecule has 2 rings (SSSR count). The largest absolute Gasteiger partial charge is 0.481 e. The monoisotopic (exact) mass is 262 g/mol. The van der Waals surface area contributed by atoms with Crippen LogP contribution < -0.4 is 5.73 Å². The van der Waals surface area contributed by atoms with Gasteiger partial charge in [-0.05, 0) is 25.0 Å². The summed E-state index contributed by atoms with van der Waals surface area (Å²) in [7, 11) is 0. The van der Waals surface area contributed by atoms with Gasteiger partial charge in [0.15, 0.2) is 0 Å². The van der Waals surface area contributed by atoms with E-state index in [-0.39, 0.29) is 12.5 Å². The fourth-order valence-electron chi connectivity index (χ4n) is 2.38. The Labute approximate surface area is 112 Å². The molecule has 0 spiro atoms. The number of hydrogen-bond donors (Lipinski definition) is 2. The highest BCUT2D eigenvalue weighted by molar-refractivity contribution is 5.87. The number of nitrogens with two attached hydrogens (primary N) is 1. The maximum Gasteiger partial charge on any atom is 0.312 e. The molecule has 1 aliphatic rings. The molecule has 1 aliphatic heterocycles. The minimum Gasteiger partial charge on any atom is -0.481 e. The van der Waals surface area contributed by atoms with E-state index in [1.54, 1.807) is 13.8 Å². The maximum absolute atomic E-state index is 12.2. The van der Waals surface area contributed by atoms with Crippen molar-refractivity contribution < 1.29 is 14.7 Å². The van der Waals surface area contributed by atoms with E-state index < -0.39 is 17.4 Å². The predicted octanol–water partition coefficient (Wildman–Crippen LogP) is 0.934. The van der Waals surface area contributed by atoms with E-state index in [2.05, 4.69) is 0 Å². The van der Waals surface area contributed by atoms with Crippen molar-refractivity contribution in [1.82, 2.24) is 4.90 Å². The van der Waals surface area contributed by atoms with E-state index >= 15 is 0 Å². The number of carboxylic acid groups (broad SMARTS) is 1. The summed E-state index contributed by atoms with van der Waals surface area (Å²) in [6.07, 6.45) is 0. The van der Waals surface area contributed by atoms with Gasteiger partial charge in [-0.1, -0.05) is 24.3 Å². The molecule has 1 unspecified atom stereocenters. The fourth-order valence-corrected chi connectivity index (χ4v) is 2.38. The number of carboxylic acids is 1. The van der Waals surface area contributed by atoms with E-state index in [0.29, 0.717) is 6.54 Å². The third-order valence-electron chi connectivity index (χ3n) is 3.33. The van der Waals surface area contributed by atoms with Crippen LogP contribution in [0.1, 0.15) is 30.9 Å². The van der Waals surface area contributed by atoms with Crippen molar-refractivity contribution >= 4 is 11.9 Å². The summed E-state index contributed by atoms with van der Waals surface area (Å²) in [5.74, 6) is -1.83. The van der Waals surface area contributed by atoms with E-state index in [1.165, 1.54) is 4.90 Å². The summed E-state index contributed by atoms with van der Waals surface area (Å²) in [5.41, 5.74) is 6.48. The Balaban J connectivity index is 2.36. The van der Waals surface area contributed by atoms with Gasteiger partial charge in [0.2, 0.25) is 5.91 Å². The zero-order valence-electron chi connectivity index (χ0n) is 11.1. The molecule has 0 fully saturated rings. The highest BCUT2D eigenvalue weighted by Gasteiger charge is 2.36. The lowest BCUT2D eigenvalue weighted by Crippen LogP contribution is -2.53. The lowest BCUT2D eigenvalue weighted by atomic mass is 9.89. The first-order valence-corrected chi connectivity index (χ1v) is 6.19. The Hall–Kier alpha value is -1.88. The number of fused-ring (bicyclic) bond motifs is 1. The molecule has 5 nitrogen and oxygen atoms in total. The summed E-state index contributed by atoms with van der Waals surface area (Å²) < 4.78 is 0. The number of benzene rings is 1. The molecule has 1 heterocycles. The number of hydrogen-bond acceptors (Lipinski definition) is 3. The second-order valence-corrected chi connectivity index (χ2v) is 5.50. The molecule has 0 radical (unpaired) electrons. The SMILES string of the molecule is CC(C)(N)C(=O)N1Cc2ccccc2C(C(=O)O)C1. The zero-order valence-corrected chi connectivity index (χ0v) is 11.1. The summed E-state index contributed by atoms with van der Waals surface area (Å²) in [6, 6.07) is 7.33. The van der Waals surface area contributed by atoms with E-state index in [0.717, 1.165) is 11.1 Å². The Kier molecular flexibility index (Phi) is 3.32. The number of carbonyl (C=O) groups excluding carboxylic acids is 1. The second kappa shape index (κ2) is 4.66. The fraction of sp³-hybridized carbons (Fsp3) is 0.429. The van der Waals surface area contributed by atoms with Crippen molar-refractivity contribution in [2.45, 2.75) is 31.8 Å². The van der Waals surface area contributed by atoms with Crippen LogP contribution in [-0.4, -0.2) is 34.0 Å². The molecular weight excluding hydrogens is 244 g/mol. The average Bonchev–Trinajstić information content (AvgIpc) is 2.35. The standard InChI is InChI=1S/C14H18N2O3/c1-14(2,15)13(19)16-7-9-5-3-4-6-10(9)11(8-16)12(17)18/h3-6,11H,7-8,15H2,1-2H3,(H,17,18). The summed E-state index contributed by atoms with van der Waals surface area (Å²) in [4.78, 5) is 25.1. The number of rotatable bonds is 2. The molecule has 0 aliphatic carbocycles. The first kappa shape index (κ1) is 13.5. The van der Waals surface area contributed by atoms with E-state index in [9.17, 15) is 14.7 Å². The van der Waals surface area contributed by atoms with Gasteiger partial charge in [0.1, 0.15) is 0 Å². The summed E-state index contributed by atoms with van der Waals surface area (Å²) in [6.45, 7) is 3.85. The van der Waals surface area contributed by atoms with Crippen LogP contribution in [0.3, 0.4) is 0 Å². The molecular formula is C14H18N2O3. The zero-order chi connectivity index (χ0) is 14.2. The first-order chi connectivity index (χ1) is 8.80. The first-order valence-electron chi connectivity index (χ1n) is 6.19. The molecule has 1 aromatic rings. The topological polar surface area (TPSA) is 83.6 Å². The minimum atomic E-state index is -0.991. The lowest BCUT2D eigenvalue weighted by molar-refractivity contribution is -0.142. The van der Waals surface area contributed by atoms with Crippen LogP contribution in [0.25, 0.3) is 0 Å². The van der Waals surface area contributed by atoms with Crippen molar-refractivity contribution in [2.75, 3.05) is 6.54 Å². The molecule has 3 N–H and O–H groups in total. The van der Waals surface area contributed by atoms with Crippen LogP contribution in [0.2, 0.25) is 0 Å². The number of aliphatic carboxylic acids is 1. The molecule has 1 atom stereocenters. The molecule has 1 aromatic carbocycles. The van der Waals surface area contributed by atoms with Crippen molar-refractivity contribution in [1.29, 1.82) is 0 Å². The number of amides is 1. The lowest BCUT2D eigenvalue weighted by Gasteiger charge is -2.36. The van der Waals surface area contributed by atoms with Gasteiger partial charge >= 0.3 is 5.97 Å². The molecule has 5 heteroatoms. The van der Waals surface area contributed by atoms with Crippen molar-refractivity contribution in [2.24, 2.45) is 5.73 Å². The van der Waals surface area contributed by atoms with Crippen LogP contribution in [0, 0.1) is 0 Å². The third kappa shape index (κ3) is 2.61. The Morgan fingerprint density at radius 3 is 2.58 bits per heavy atom. The number of nitrogens with zero attached hydrogens (tertiary/aromatic N) is 1. The summed E-state index contributed by atoms with van der Waals surface area (Å²) in [5, 5.41) is 9.32. The van der Waals surface area contributed by atoms with Gasteiger partial charge < -0.3 is 15.7 Å². The van der Waals surface area contributed by atoms with E-state index in [4.69, 9.17) is 5.73 Å². The number of carbonyl (C=O) groups is 2. The van der Waals surface area contributed by atoms with Gasteiger partial charge in [-0.2, -0.15) is 0 Å². The van der Waals surface area contributed by atoms with E-state index in [1.807, 2.05) is 24.3 Å².